The van der Waals surface area contributed by atoms with Crippen LogP contribution in [0.3, 0.4) is 0 Å². The Kier molecular flexibility index (Phi) is 1.94. The predicted molar refractivity (Wildman–Crippen MR) is 60.1 cm³/mol. The van der Waals surface area contributed by atoms with Crippen molar-refractivity contribution in [2.24, 2.45) is 5.73 Å². The Bertz CT molecular complexity index is 698. The highest BCUT2D eigenvalue weighted by molar-refractivity contribution is 5.92. The normalized spacial score (nSPS) is 10.8. The molecule has 3 rings (SSSR count). The van der Waals surface area contributed by atoms with Gasteiger partial charge in [-0.25, -0.2) is 0 Å². The van der Waals surface area contributed by atoms with Crippen molar-refractivity contribution in [3.8, 4) is 11.3 Å². The number of aromatic nitrogens is 3. The third-order valence-corrected chi connectivity index (χ3v) is 2.49. The number of fused-ring (bicyclic) bond motifs is 1. The van der Waals surface area contributed by atoms with E-state index >= 15 is 0 Å². The second-order valence-electron chi connectivity index (χ2n) is 3.61. The Morgan fingerprint density at radius 1 is 1.35 bits per heavy atom. The highest BCUT2D eigenvalue weighted by atomic mass is 16.5. The molecule has 6 nitrogen and oxygen atoms in total. The van der Waals surface area contributed by atoms with Gasteiger partial charge < -0.3 is 10.3 Å². The van der Waals surface area contributed by atoms with Crippen molar-refractivity contribution < 1.29 is 9.32 Å². The first-order valence-corrected chi connectivity index (χ1v) is 4.94. The molecule has 0 spiro atoms. The van der Waals surface area contributed by atoms with Crippen molar-refractivity contribution in [1.29, 1.82) is 0 Å². The van der Waals surface area contributed by atoms with Gasteiger partial charge in [-0.3, -0.25) is 9.89 Å². The SMILES string of the molecule is NC(=O)c1cc(-c2ccc3[nH]ncc3c2)on1. The Labute approximate surface area is 95.4 Å². The molecular formula is C11H8N4O2. The van der Waals surface area contributed by atoms with Crippen molar-refractivity contribution in [1.82, 2.24) is 15.4 Å². The minimum Gasteiger partial charge on any atom is -0.364 e. The number of amides is 1. The van der Waals surface area contributed by atoms with Crippen molar-refractivity contribution in [3.05, 3.63) is 36.2 Å². The molecule has 3 aromatic rings. The van der Waals surface area contributed by atoms with Crippen molar-refractivity contribution in [2.75, 3.05) is 0 Å². The van der Waals surface area contributed by atoms with Gasteiger partial charge >= 0.3 is 0 Å². The van der Waals surface area contributed by atoms with Crippen LogP contribution in [-0.2, 0) is 0 Å². The van der Waals surface area contributed by atoms with E-state index in [2.05, 4.69) is 15.4 Å². The Morgan fingerprint density at radius 3 is 3.00 bits per heavy atom. The Morgan fingerprint density at radius 2 is 2.24 bits per heavy atom. The van der Waals surface area contributed by atoms with Gasteiger partial charge in [0.05, 0.1) is 11.7 Å². The van der Waals surface area contributed by atoms with Gasteiger partial charge in [0.15, 0.2) is 11.5 Å². The molecule has 0 bridgehead atoms. The second-order valence-corrected chi connectivity index (χ2v) is 3.61. The largest absolute Gasteiger partial charge is 0.364 e. The molecule has 0 fully saturated rings. The molecule has 0 aliphatic carbocycles. The van der Waals surface area contributed by atoms with Gasteiger partial charge in [-0.1, -0.05) is 5.16 Å². The van der Waals surface area contributed by atoms with Crippen LogP contribution in [0.25, 0.3) is 22.2 Å². The summed E-state index contributed by atoms with van der Waals surface area (Å²) in [5, 5.41) is 11.3. The van der Waals surface area contributed by atoms with Crippen molar-refractivity contribution in [3.63, 3.8) is 0 Å². The number of nitrogens with two attached hydrogens (primary N) is 1. The first-order valence-electron chi connectivity index (χ1n) is 4.94. The molecule has 1 amide bonds. The Balaban J connectivity index is 2.09. The summed E-state index contributed by atoms with van der Waals surface area (Å²) in [5.74, 6) is -0.105. The summed E-state index contributed by atoms with van der Waals surface area (Å²) in [4.78, 5) is 10.9. The van der Waals surface area contributed by atoms with Gasteiger partial charge in [0.2, 0.25) is 0 Å². The number of rotatable bonds is 2. The van der Waals surface area contributed by atoms with Crippen LogP contribution in [0.2, 0.25) is 0 Å². The fourth-order valence-corrected chi connectivity index (χ4v) is 1.62. The summed E-state index contributed by atoms with van der Waals surface area (Å²) >= 11 is 0. The van der Waals surface area contributed by atoms with E-state index in [1.807, 2.05) is 18.2 Å². The van der Waals surface area contributed by atoms with Gasteiger partial charge in [0, 0.05) is 17.0 Å². The lowest BCUT2D eigenvalue weighted by atomic mass is 10.1. The number of nitrogens with zero attached hydrogens (tertiary/aromatic N) is 2. The standard InChI is InChI=1S/C11H8N4O2/c12-11(16)9-4-10(17-15-9)6-1-2-8-7(3-6)5-13-14-8/h1-5H,(H2,12,16)(H,13,14). The van der Waals surface area contributed by atoms with Crippen LogP contribution < -0.4 is 5.73 Å². The first-order chi connectivity index (χ1) is 8.24. The van der Waals surface area contributed by atoms with Crippen molar-refractivity contribution in [2.45, 2.75) is 0 Å². The first kappa shape index (κ1) is 9.59. The van der Waals surface area contributed by atoms with Crippen LogP contribution in [0.15, 0.2) is 35.0 Å². The second kappa shape index (κ2) is 3.44. The quantitative estimate of drug-likeness (QED) is 0.691. The summed E-state index contributed by atoms with van der Waals surface area (Å²) in [6.07, 6.45) is 1.71. The number of hydrogen-bond donors (Lipinski definition) is 2. The van der Waals surface area contributed by atoms with Gasteiger partial charge in [0.1, 0.15) is 0 Å². The van der Waals surface area contributed by atoms with Crippen LogP contribution in [-0.4, -0.2) is 21.3 Å². The summed E-state index contributed by atoms with van der Waals surface area (Å²) < 4.78 is 5.06. The van der Waals surface area contributed by atoms with E-state index in [0.29, 0.717) is 5.76 Å². The zero-order valence-corrected chi connectivity index (χ0v) is 8.68. The number of hydrogen-bond acceptors (Lipinski definition) is 4. The fourth-order valence-electron chi connectivity index (χ4n) is 1.62. The minimum absolute atomic E-state index is 0.118. The van der Waals surface area contributed by atoms with Gasteiger partial charge in [0.25, 0.3) is 5.91 Å². The molecule has 84 valence electrons. The molecule has 0 unspecified atom stereocenters. The summed E-state index contributed by atoms with van der Waals surface area (Å²) in [6.45, 7) is 0. The van der Waals surface area contributed by atoms with E-state index in [4.69, 9.17) is 10.3 Å². The molecule has 0 saturated carbocycles. The zero-order chi connectivity index (χ0) is 11.8. The minimum atomic E-state index is -0.607. The lowest BCUT2D eigenvalue weighted by Crippen LogP contribution is -2.10. The predicted octanol–water partition coefficient (Wildman–Crippen LogP) is 1.32. The monoisotopic (exact) mass is 228 g/mol. The maximum Gasteiger partial charge on any atom is 0.270 e. The maximum atomic E-state index is 10.9. The number of H-pyrrole nitrogens is 1. The number of nitrogens with one attached hydrogen (secondary N) is 1. The van der Waals surface area contributed by atoms with E-state index < -0.39 is 5.91 Å². The van der Waals surface area contributed by atoms with Crippen LogP contribution in [0.1, 0.15) is 10.5 Å². The number of aromatic amines is 1. The number of carbonyl (C=O) groups is 1. The molecule has 0 radical (unpaired) electrons. The zero-order valence-electron chi connectivity index (χ0n) is 8.68. The number of primary amides is 1. The molecule has 2 heterocycles. The van der Waals surface area contributed by atoms with Crippen LogP contribution in [0.4, 0.5) is 0 Å². The van der Waals surface area contributed by atoms with E-state index in [9.17, 15) is 4.79 Å². The fraction of sp³-hybridized carbons (Fsp3) is 0. The van der Waals surface area contributed by atoms with E-state index in [1.165, 1.54) is 6.07 Å². The van der Waals surface area contributed by atoms with Gasteiger partial charge in [-0.2, -0.15) is 5.10 Å². The van der Waals surface area contributed by atoms with E-state index in [0.717, 1.165) is 16.5 Å². The summed E-state index contributed by atoms with van der Waals surface area (Å²) in [5.41, 5.74) is 6.97. The van der Waals surface area contributed by atoms with E-state index in [1.54, 1.807) is 6.20 Å². The summed E-state index contributed by atoms with van der Waals surface area (Å²) in [6, 6.07) is 7.14. The number of benzene rings is 1. The lowest BCUT2D eigenvalue weighted by molar-refractivity contribution is 0.0992. The van der Waals surface area contributed by atoms with Gasteiger partial charge in [-0.05, 0) is 18.2 Å². The molecular weight excluding hydrogens is 220 g/mol. The highest BCUT2D eigenvalue weighted by Gasteiger charge is 2.11. The molecule has 0 aliphatic heterocycles. The summed E-state index contributed by atoms with van der Waals surface area (Å²) in [7, 11) is 0. The average molecular weight is 228 g/mol. The third-order valence-electron chi connectivity index (χ3n) is 2.49. The smallest absolute Gasteiger partial charge is 0.270 e. The lowest BCUT2D eigenvalue weighted by Gasteiger charge is -1.94. The van der Waals surface area contributed by atoms with Crippen LogP contribution >= 0.6 is 0 Å². The average Bonchev–Trinajstić information content (AvgIpc) is 2.97. The molecule has 1 aromatic carbocycles. The van der Waals surface area contributed by atoms with Gasteiger partial charge in [-0.15, -0.1) is 0 Å². The van der Waals surface area contributed by atoms with Crippen LogP contribution in [0.5, 0.6) is 0 Å². The van der Waals surface area contributed by atoms with Crippen LogP contribution in [0, 0.1) is 0 Å². The molecule has 0 saturated heterocycles. The maximum absolute atomic E-state index is 10.9. The molecule has 6 heteroatoms. The molecule has 0 atom stereocenters. The molecule has 0 aliphatic rings. The number of carbonyl (C=O) groups excluding carboxylic acids is 1. The topological polar surface area (TPSA) is 97.8 Å². The Hall–Kier alpha value is -2.63. The molecule has 17 heavy (non-hydrogen) atoms. The highest BCUT2D eigenvalue weighted by Crippen LogP contribution is 2.23. The molecule has 2 aromatic heterocycles. The van der Waals surface area contributed by atoms with Crippen molar-refractivity contribution >= 4 is 16.8 Å². The third kappa shape index (κ3) is 1.55. The molecule has 3 N–H and O–H groups in total. The van der Waals surface area contributed by atoms with E-state index in [-0.39, 0.29) is 5.69 Å².